The highest BCUT2D eigenvalue weighted by atomic mass is 32.2. The Balaban J connectivity index is 1.75. The van der Waals surface area contributed by atoms with E-state index in [4.69, 9.17) is 0 Å². The highest BCUT2D eigenvalue weighted by Gasteiger charge is 2.54. The van der Waals surface area contributed by atoms with Gasteiger partial charge in [0, 0.05) is 19.6 Å². The number of hydrogen-bond acceptors (Lipinski definition) is 4. The molecule has 2 atom stereocenters. The van der Waals surface area contributed by atoms with E-state index in [2.05, 4.69) is 10.2 Å². The number of sulfonamides is 1. The lowest BCUT2D eigenvalue weighted by molar-refractivity contribution is -0.140. The predicted molar refractivity (Wildman–Crippen MR) is 102 cm³/mol. The van der Waals surface area contributed by atoms with E-state index in [1.165, 1.54) is 16.6 Å². The number of nitrogens with one attached hydrogen (secondary N) is 1. The smallest absolute Gasteiger partial charge is 0.227 e. The van der Waals surface area contributed by atoms with Crippen molar-refractivity contribution in [1.29, 1.82) is 0 Å². The van der Waals surface area contributed by atoms with Crippen LogP contribution >= 0.6 is 0 Å². The van der Waals surface area contributed by atoms with Gasteiger partial charge in [-0.2, -0.15) is 4.31 Å². The van der Waals surface area contributed by atoms with Crippen LogP contribution in [0.15, 0.2) is 24.3 Å². The number of carbonyl (C=O) groups excluding carboxylic acids is 1. The molecule has 150 valence electrons. The van der Waals surface area contributed by atoms with Crippen LogP contribution in [0.3, 0.4) is 0 Å². The fourth-order valence-electron chi connectivity index (χ4n) is 4.45. The van der Waals surface area contributed by atoms with Gasteiger partial charge in [0.25, 0.3) is 0 Å². The van der Waals surface area contributed by atoms with E-state index in [-0.39, 0.29) is 17.8 Å². The van der Waals surface area contributed by atoms with E-state index in [9.17, 15) is 17.6 Å². The van der Waals surface area contributed by atoms with Gasteiger partial charge in [-0.3, -0.25) is 4.79 Å². The lowest BCUT2D eigenvalue weighted by Crippen LogP contribution is -2.66. The number of piperidine rings is 2. The molecule has 0 unspecified atom stereocenters. The molecule has 6 nitrogen and oxygen atoms in total. The second-order valence-corrected chi connectivity index (χ2v) is 9.69. The molecule has 0 radical (unpaired) electrons. The first-order valence-corrected chi connectivity index (χ1v) is 11.3. The summed E-state index contributed by atoms with van der Waals surface area (Å²) in [6, 6.07) is 6.18. The van der Waals surface area contributed by atoms with Crippen molar-refractivity contribution < 1.29 is 17.6 Å². The second-order valence-electron chi connectivity index (χ2n) is 7.76. The number of hydrogen-bond donors (Lipinski definition) is 1. The number of likely N-dealkylation sites (N-methyl/N-ethyl adjacent to an activating group) is 1. The number of fused-ring (bicyclic) bond motifs is 1. The van der Waals surface area contributed by atoms with Gasteiger partial charge in [0.1, 0.15) is 5.82 Å². The maximum Gasteiger partial charge on any atom is 0.227 e. The van der Waals surface area contributed by atoms with Crippen LogP contribution in [0.4, 0.5) is 4.39 Å². The van der Waals surface area contributed by atoms with Gasteiger partial charge in [-0.25, -0.2) is 12.8 Å². The Hall–Kier alpha value is -1.51. The molecule has 0 aromatic heterocycles. The molecule has 2 aliphatic heterocycles. The molecule has 27 heavy (non-hydrogen) atoms. The Morgan fingerprint density at radius 1 is 1.30 bits per heavy atom. The van der Waals surface area contributed by atoms with Crippen molar-refractivity contribution in [2.75, 3.05) is 39.5 Å². The van der Waals surface area contributed by atoms with Gasteiger partial charge in [-0.15, -0.1) is 0 Å². The third-order valence-electron chi connectivity index (χ3n) is 5.93. The largest absolute Gasteiger partial charge is 0.355 e. The number of likely N-dealkylation sites (tertiary alicyclic amines) is 1. The number of benzene rings is 1. The standard InChI is InChI=1S/C19H28FN3O3S/c1-22-13-10-19(9-5-12-23(17(19)14-22)27(2,25)26)18(24)21-11-8-15-6-3-4-7-16(15)20/h3-4,6-7,17H,5,8-14H2,1-2H3,(H,21,24)/t17-,19+/m0/s1. The van der Waals surface area contributed by atoms with Crippen LogP contribution in [0.25, 0.3) is 0 Å². The average molecular weight is 398 g/mol. The van der Waals surface area contributed by atoms with Crippen LogP contribution in [0.1, 0.15) is 24.8 Å². The van der Waals surface area contributed by atoms with Gasteiger partial charge in [-0.05, 0) is 50.9 Å². The third-order valence-corrected chi connectivity index (χ3v) is 7.22. The number of rotatable bonds is 5. The summed E-state index contributed by atoms with van der Waals surface area (Å²) in [4.78, 5) is 15.2. The molecule has 2 aliphatic rings. The number of halogens is 1. The summed E-state index contributed by atoms with van der Waals surface area (Å²) in [5.74, 6) is -0.381. The quantitative estimate of drug-likeness (QED) is 0.811. The minimum Gasteiger partial charge on any atom is -0.355 e. The van der Waals surface area contributed by atoms with E-state index in [0.717, 1.165) is 6.54 Å². The van der Waals surface area contributed by atoms with Crippen LogP contribution in [0.5, 0.6) is 0 Å². The molecule has 8 heteroatoms. The van der Waals surface area contributed by atoms with Crippen molar-refractivity contribution in [3.8, 4) is 0 Å². The van der Waals surface area contributed by atoms with Crippen LogP contribution in [-0.2, 0) is 21.2 Å². The third kappa shape index (κ3) is 4.17. The van der Waals surface area contributed by atoms with Crippen LogP contribution < -0.4 is 5.32 Å². The molecule has 1 aromatic carbocycles. The van der Waals surface area contributed by atoms with Gasteiger partial charge >= 0.3 is 0 Å². The molecule has 0 saturated carbocycles. The Morgan fingerprint density at radius 2 is 2.04 bits per heavy atom. The van der Waals surface area contributed by atoms with Crippen LogP contribution in [0.2, 0.25) is 0 Å². The zero-order chi connectivity index (χ0) is 19.7. The Bertz CT molecular complexity index is 801. The van der Waals surface area contributed by atoms with Gasteiger partial charge in [0.2, 0.25) is 15.9 Å². The number of amides is 1. The zero-order valence-electron chi connectivity index (χ0n) is 15.9. The summed E-state index contributed by atoms with van der Waals surface area (Å²) in [5, 5.41) is 2.96. The molecule has 2 heterocycles. The summed E-state index contributed by atoms with van der Waals surface area (Å²) in [6.45, 7) is 2.10. The average Bonchev–Trinajstić information content (AvgIpc) is 2.61. The monoisotopic (exact) mass is 397 g/mol. The summed E-state index contributed by atoms with van der Waals surface area (Å²) < 4.78 is 39.8. The van der Waals surface area contributed by atoms with Gasteiger partial charge < -0.3 is 10.2 Å². The topological polar surface area (TPSA) is 69.7 Å². The lowest BCUT2D eigenvalue weighted by Gasteiger charge is -2.52. The normalized spacial score (nSPS) is 27.1. The molecule has 0 spiro atoms. The molecule has 3 rings (SSSR count). The highest BCUT2D eigenvalue weighted by Crippen LogP contribution is 2.43. The van der Waals surface area contributed by atoms with Crippen molar-refractivity contribution in [2.45, 2.75) is 31.7 Å². The van der Waals surface area contributed by atoms with Crippen molar-refractivity contribution in [3.63, 3.8) is 0 Å². The fourth-order valence-corrected chi connectivity index (χ4v) is 5.64. The Labute approximate surface area is 160 Å². The van der Waals surface area contributed by atoms with Gasteiger partial charge in [0.15, 0.2) is 0 Å². The van der Waals surface area contributed by atoms with E-state index < -0.39 is 15.4 Å². The highest BCUT2D eigenvalue weighted by molar-refractivity contribution is 7.88. The Morgan fingerprint density at radius 3 is 2.74 bits per heavy atom. The van der Waals surface area contributed by atoms with Crippen LogP contribution in [-0.4, -0.2) is 69.1 Å². The van der Waals surface area contributed by atoms with E-state index in [1.807, 2.05) is 7.05 Å². The lowest BCUT2D eigenvalue weighted by atomic mass is 9.68. The fraction of sp³-hybridized carbons (Fsp3) is 0.632. The number of nitrogens with zero attached hydrogens (tertiary/aromatic N) is 2. The zero-order valence-corrected chi connectivity index (χ0v) is 16.8. The van der Waals surface area contributed by atoms with Crippen molar-refractivity contribution >= 4 is 15.9 Å². The number of carbonyl (C=O) groups is 1. The van der Waals surface area contributed by atoms with Gasteiger partial charge in [0.05, 0.1) is 17.7 Å². The molecule has 1 aromatic rings. The summed E-state index contributed by atoms with van der Waals surface area (Å²) >= 11 is 0. The van der Waals surface area contributed by atoms with E-state index in [1.54, 1.807) is 18.2 Å². The van der Waals surface area contributed by atoms with E-state index in [0.29, 0.717) is 50.9 Å². The molecular weight excluding hydrogens is 369 g/mol. The first kappa shape index (κ1) is 20.2. The van der Waals surface area contributed by atoms with E-state index >= 15 is 0 Å². The van der Waals surface area contributed by atoms with Crippen molar-refractivity contribution in [3.05, 3.63) is 35.6 Å². The SMILES string of the molecule is CN1CC[C@]2(C(=O)NCCc3ccccc3F)CCCN(S(C)(=O)=O)[C@H]2C1. The maximum atomic E-state index is 13.8. The van der Waals surface area contributed by atoms with Crippen molar-refractivity contribution in [2.24, 2.45) is 5.41 Å². The second kappa shape index (κ2) is 7.85. The minimum atomic E-state index is -3.38. The molecule has 2 fully saturated rings. The first-order chi connectivity index (χ1) is 12.7. The molecule has 2 saturated heterocycles. The first-order valence-electron chi connectivity index (χ1n) is 9.41. The minimum absolute atomic E-state index is 0.106. The summed E-state index contributed by atoms with van der Waals surface area (Å²) in [6.07, 6.45) is 3.62. The molecule has 1 N–H and O–H groups in total. The molecular formula is C19H28FN3O3S. The Kier molecular flexibility index (Phi) is 5.88. The van der Waals surface area contributed by atoms with Crippen molar-refractivity contribution in [1.82, 2.24) is 14.5 Å². The maximum absolute atomic E-state index is 13.8. The molecule has 0 bridgehead atoms. The molecule has 1 amide bonds. The van der Waals surface area contributed by atoms with Gasteiger partial charge in [-0.1, -0.05) is 18.2 Å². The summed E-state index contributed by atoms with van der Waals surface area (Å²) in [7, 11) is -1.43. The predicted octanol–water partition coefficient (Wildman–Crippen LogP) is 1.23. The summed E-state index contributed by atoms with van der Waals surface area (Å²) in [5.41, 5.74) is -0.139. The van der Waals surface area contributed by atoms with Crippen LogP contribution in [0, 0.1) is 11.2 Å². The molecule has 0 aliphatic carbocycles.